The molecule has 0 radical (unpaired) electrons. The number of aromatic nitrogens is 1. The quantitative estimate of drug-likeness (QED) is 0.545. The average molecular weight is 414 g/mol. The lowest BCUT2D eigenvalue weighted by Crippen LogP contribution is -2.40. The molecule has 3 rings (SSSR count). The van der Waals surface area contributed by atoms with Gasteiger partial charge in [0, 0.05) is 54.3 Å². The molecule has 1 unspecified atom stereocenters. The normalized spacial score (nSPS) is 16.8. The molecule has 1 aliphatic rings. The van der Waals surface area contributed by atoms with Crippen LogP contribution < -0.4 is 15.5 Å². The van der Waals surface area contributed by atoms with Gasteiger partial charge in [-0.3, -0.25) is 4.98 Å². The number of rotatable bonds is 7. The van der Waals surface area contributed by atoms with E-state index in [1.165, 1.54) is 20.1 Å². The van der Waals surface area contributed by atoms with Gasteiger partial charge in [0.1, 0.15) is 0 Å². The van der Waals surface area contributed by atoms with Crippen molar-refractivity contribution >= 4 is 23.2 Å². The summed E-state index contributed by atoms with van der Waals surface area (Å²) in [7, 11) is 2.04. The van der Waals surface area contributed by atoms with Crippen molar-refractivity contribution in [2.24, 2.45) is 5.41 Å². The summed E-state index contributed by atoms with van der Waals surface area (Å²) in [5, 5.41) is 14.3. The molecule has 0 spiro atoms. The fourth-order valence-electron chi connectivity index (χ4n) is 3.27. The lowest BCUT2D eigenvalue weighted by atomic mass is 9.86. The summed E-state index contributed by atoms with van der Waals surface area (Å²) in [6.45, 7) is 6.13. The SMILES string of the molecule is CC1Nc2cc(-c3ncccc3/C(C=N)=C/NCC(C)(C)C(C)(F)F)ccc2N1C. The topological polar surface area (TPSA) is 64.0 Å². The minimum atomic E-state index is -2.82. The minimum Gasteiger partial charge on any atom is -0.390 e. The van der Waals surface area contributed by atoms with Crippen LogP contribution >= 0.6 is 0 Å². The number of hydrogen-bond acceptors (Lipinski definition) is 5. The van der Waals surface area contributed by atoms with Crippen molar-refractivity contribution in [2.45, 2.75) is 39.8 Å². The zero-order valence-electron chi connectivity index (χ0n) is 18.1. The largest absolute Gasteiger partial charge is 0.390 e. The summed E-state index contributed by atoms with van der Waals surface area (Å²) in [4.78, 5) is 6.71. The van der Waals surface area contributed by atoms with Gasteiger partial charge in [0.25, 0.3) is 5.92 Å². The lowest BCUT2D eigenvalue weighted by Gasteiger charge is -2.31. The molecule has 5 nitrogen and oxygen atoms in total. The van der Waals surface area contributed by atoms with Crippen molar-refractivity contribution in [3.8, 4) is 11.3 Å². The van der Waals surface area contributed by atoms with E-state index >= 15 is 0 Å². The molecule has 1 aromatic heterocycles. The number of nitrogens with zero attached hydrogens (tertiary/aromatic N) is 2. The van der Waals surface area contributed by atoms with Crippen molar-refractivity contribution in [3.63, 3.8) is 0 Å². The average Bonchev–Trinajstić information content (AvgIpc) is 2.97. The molecule has 160 valence electrons. The van der Waals surface area contributed by atoms with E-state index < -0.39 is 11.3 Å². The second-order valence-corrected chi connectivity index (χ2v) is 8.46. The van der Waals surface area contributed by atoms with E-state index in [9.17, 15) is 8.78 Å². The fourth-order valence-corrected chi connectivity index (χ4v) is 3.27. The molecule has 0 saturated heterocycles. The van der Waals surface area contributed by atoms with Gasteiger partial charge in [-0.2, -0.15) is 0 Å². The number of benzene rings is 1. The second-order valence-electron chi connectivity index (χ2n) is 8.46. The van der Waals surface area contributed by atoms with E-state index in [1.807, 2.05) is 25.2 Å². The highest BCUT2D eigenvalue weighted by molar-refractivity contribution is 6.10. The highest BCUT2D eigenvalue weighted by atomic mass is 19.3. The Kier molecular flexibility index (Phi) is 5.83. The molecule has 1 aliphatic heterocycles. The first-order valence-electron chi connectivity index (χ1n) is 9.96. The number of hydrogen-bond donors (Lipinski definition) is 3. The van der Waals surface area contributed by atoms with Gasteiger partial charge in [0.2, 0.25) is 0 Å². The van der Waals surface area contributed by atoms with Crippen LogP contribution in [0.25, 0.3) is 16.8 Å². The first-order chi connectivity index (χ1) is 14.0. The highest BCUT2D eigenvalue weighted by Gasteiger charge is 2.41. The Hall–Kier alpha value is -2.96. The molecule has 2 heterocycles. The van der Waals surface area contributed by atoms with E-state index in [-0.39, 0.29) is 12.7 Å². The molecule has 7 heteroatoms. The van der Waals surface area contributed by atoms with Gasteiger partial charge in [-0.15, -0.1) is 0 Å². The van der Waals surface area contributed by atoms with Crippen LogP contribution in [0.4, 0.5) is 20.2 Å². The summed E-state index contributed by atoms with van der Waals surface area (Å²) in [5.74, 6) is -2.82. The van der Waals surface area contributed by atoms with Gasteiger partial charge in [0.15, 0.2) is 0 Å². The highest BCUT2D eigenvalue weighted by Crippen LogP contribution is 2.38. The molecule has 0 saturated carbocycles. The zero-order valence-corrected chi connectivity index (χ0v) is 18.1. The smallest absolute Gasteiger partial charge is 0.252 e. The van der Waals surface area contributed by atoms with Crippen LogP contribution in [0.2, 0.25) is 0 Å². The third kappa shape index (κ3) is 4.15. The summed E-state index contributed by atoms with van der Waals surface area (Å²) in [5.41, 5.74) is 3.93. The number of anilines is 2. The van der Waals surface area contributed by atoms with Gasteiger partial charge < -0.3 is 20.9 Å². The Balaban J connectivity index is 1.91. The van der Waals surface area contributed by atoms with Gasteiger partial charge >= 0.3 is 0 Å². The molecule has 0 bridgehead atoms. The van der Waals surface area contributed by atoms with Crippen LogP contribution in [0.15, 0.2) is 42.7 Å². The number of nitrogens with one attached hydrogen (secondary N) is 3. The molecular weight excluding hydrogens is 384 g/mol. The van der Waals surface area contributed by atoms with Gasteiger partial charge in [-0.1, -0.05) is 26.0 Å². The number of halogens is 2. The van der Waals surface area contributed by atoms with Crippen molar-refractivity contribution < 1.29 is 8.78 Å². The van der Waals surface area contributed by atoms with Crippen LogP contribution in [-0.4, -0.2) is 36.9 Å². The maximum atomic E-state index is 13.8. The maximum Gasteiger partial charge on any atom is 0.252 e. The molecule has 0 fully saturated rings. The van der Waals surface area contributed by atoms with Gasteiger partial charge in [-0.05, 0) is 32.0 Å². The Morgan fingerprint density at radius 2 is 2.03 bits per heavy atom. The molecule has 1 aromatic carbocycles. The third-order valence-corrected chi connectivity index (χ3v) is 5.86. The van der Waals surface area contributed by atoms with E-state index in [1.54, 1.807) is 12.4 Å². The lowest BCUT2D eigenvalue weighted by molar-refractivity contribution is -0.0856. The van der Waals surface area contributed by atoms with Crippen LogP contribution in [-0.2, 0) is 0 Å². The number of alkyl halides is 2. The molecule has 2 aromatic rings. The molecular formula is C23H29F2N5. The first-order valence-corrected chi connectivity index (χ1v) is 9.96. The molecule has 0 amide bonds. The van der Waals surface area contributed by atoms with Crippen LogP contribution in [0.1, 0.15) is 33.3 Å². The van der Waals surface area contributed by atoms with E-state index in [2.05, 4.69) is 39.6 Å². The number of allylic oxidation sites excluding steroid dienone is 1. The van der Waals surface area contributed by atoms with Gasteiger partial charge in [0.05, 0.1) is 23.2 Å². The van der Waals surface area contributed by atoms with Crippen molar-refractivity contribution in [3.05, 3.63) is 48.3 Å². The van der Waals surface area contributed by atoms with Crippen LogP contribution in [0, 0.1) is 10.8 Å². The molecule has 30 heavy (non-hydrogen) atoms. The molecule has 3 N–H and O–H groups in total. The van der Waals surface area contributed by atoms with Gasteiger partial charge in [-0.25, -0.2) is 8.78 Å². The standard InChI is InChI=1S/C23H29F2N5/c1-15-29-19-11-16(8-9-20(19)30(15)5)21-18(7-6-10-28-21)17(12-26)13-27-14-22(2,3)23(4,24)25/h6-13,15,26-27,29H,14H2,1-5H3/b17-13+,26-12?. The predicted molar refractivity (Wildman–Crippen MR) is 120 cm³/mol. The van der Waals surface area contributed by atoms with E-state index in [0.29, 0.717) is 5.57 Å². The Morgan fingerprint density at radius 1 is 1.30 bits per heavy atom. The van der Waals surface area contributed by atoms with Crippen molar-refractivity contribution in [1.82, 2.24) is 10.3 Å². The third-order valence-electron chi connectivity index (χ3n) is 5.86. The Bertz CT molecular complexity index is 962. The van der Waals surface area contributed by atoms with Crippen LogP contribution in [0.5, 0.6) is 0 Å². The number of fused-ring (bicyclic) bond motifs is 1. The summed E-state index contributed by atoms with van der Waals surface area (Å²) >= 11 is 0. The maximum absolute atomic E-state index is 13.8. The minimum absolute atomic E-state index is 0.0798. The van der Waals surface area contributed by atoms with Crippen LogP contribution in [0.3, 0.4) is 0 Å². The fraction of sp³-hybridized carbons (Fsp3) is 0.391. The van der Waals surface area contributed by atoms with E-state index in [4.69, 9.17) is 5.41 Å². The molecule has 1 atom stereocenters. The monoisotopic (exact) mass is 413 g/mol. The molecule has 0 aliphatic carbocycles. The predicted octanol–water partition coefficient (Wildman–Crippen LogP) is 5.22. The van der Waals surface area contributed by atoms with Crippen molar-refractivity contribution in [2.75, 3.05) is 23.8 Å². The second kappa shape index (κ2) is 8.05. The zero-order chi connectivity index (χ0) is 22.1. The number of pyridine rings is 1. The summed E-state index contributed by atoms with van der Waals surface area (Å²) in [6, 6.07) is 9.81. The summed E-state index contributed by atoms with van der Waals surface area (Å²) < 4.78 is 27.5. The Morgan fingerprint density at radius 3 is 2.70 bits per heavy atom. The van der Waals surface area contributed by atoms with E-state index in [0.717, 1.165) is 35.1 Å². The first kappa shape index (κ1) is 21.7. The van der Waals surface area contributed by atoms with Crippen molar-refractivity contribution in [1.29, 1.82) is 5.41 Å². The summed E-state index contributed by atoms with van der Waals surface area (Å²) in [6.07, 6.45) is 4.75. The Labute approximate surface area is 176 Å².